The third-order valence-corrected chi connectivity index (χ3v) is 6.39. The Bertz CT molecular complexity index is 1480. The number of carbonyl (C=O) groups is 3. The molecular formula is C24H19FN8O3. The molecule has 2 aromatic carbocycles. The molecule has 0 unspecified atom stereocenters. The summed E-state index contributed by atoms with van der Waals surface area (Å²) in [6, 6.07) is 12.4. The van der Waals surface area contributed by atoms with Crippen LogP contribution in [-0.2, 0) is 4.79 Å². The van der Waals surface area contributed by atoms with E-state index in [1.165, 1.54) is 23.1 Å². The van der Waals surface area contributed by atoms with Crippen molar-refractivity contribution in [2.24, 2.45) is 0 Å². The van der Waals surface area contributed by atoms with Crippen molar-refractivity contribution in [1.29, 1.82) is 0 Å². The van der Waals surface area contributed by atoms with Crippen LogP contribution in [0, 0.1) is 5.82 Å². The normalized spacial score (nSPS) is 15.6. The van der Waals surface area contributed by atoms with Crippen LogP contribution in [0.25, 0.3) is 16.9 Å². The molecule has 11 nitrogen and oxygen atoms in total. The molecule has 0 aliphatic carbocycles. The highest BCUT2D eigenvalue weighted by Crippen LogP contribution is 2.25. The highest BCUT2D eigenvalue weighted by atomic mass is 19.1. The fourth-order valence-corrected chi connectivity index (χ4v) is 4.51. The molecule has 0 saturated carbocycles. The first-order valence-corrected chi connectivity index (χ1v) is 11.3. The van der Waals surface area contributed by atoms with E-state index in [1.807, 2.05) is 4.90 Å². The Morgan fingerprint density at radius 3 is 2.22 bits per heavy atom. The van der Waals surface area contributed by atoms with Crippen molar-refractivity contribution in [2.45, 2.75) is 0 Å². The van der Waals surface area contributed by atoms with Gasteiger partial charge in [-0.3, -0.25) is 19.3 Å². The third-order valence-electron chi connectivity index (χ3n) is 6.39. The van der Waals surface area contributed by atoms with Crippen LogP contribution >= 0.6 is 0 Å². The van der Waals surface area contributed by atoms with E-state index in [9.17, 15) is 18.8 Å². The number of carbonyl (C=O) groups excluding carboxylic acids is 3. The molecule has 6 rings (SSSR count). The van der Waals surface area contributed by atoms with Gasteiger partial charge in [0.2, 0.25) is 5.91 Å². The summed E-state index contributed by atoms with van der Waals surface area (Å²) in [5.41, 5.74) is 2.23. The van der Waals surface area contributed by atoms with Crippen LogP contribution in [0.2, 0.25) is 0 Å². The SMILES string of the molecule is O=C(CN1C(=O)c2ccccc2C1=O)N1CCN(c2ncnc3c2nnn3-c2ccc(F)cc2)CC1. The van der Waals surface area contributed by atoms with Crippen LogP contribution < -0.4 is 4.90 Å². The lowest BCUT2D eigenvalue weighted by Crippen LogP contribution is -2.52. The second kappa shape index (κ2) is 8.48. The van der Waals surface area contributed by atoms with E-state index in [2.05, 4.69) is 20.3 Å². The molecule has 2 aliphatic heterocycles. The second-order valence-electron chi connectivity index (χ2n) is 8.46. The highest BCUT2D eigenvalue weighted by Gasteiger charge is 2.37. The molecule has 3 amide bonds. The summed E-state index contributed by atoms with van der Waals surface area (Å²) in [5, 5.41) is 8.41. The number of imide groups is 1. The van der Waals surface area contributed by atoms with E-state index in [0.29, 0.717) is 60.0 Å². The molecule has 2 aromatic heterocycles. The van der Waals surface area contributed by atoms with Crippen LogP contribution in [0.4, 0.5) is 10.2 Å². The lowest BCUT2D eigenvalue weighted by Gasteiger charge is -2.35. The van der Waals surface area contributed by atoms with Gasteiger partial charge in [-0.15, -0.1) is 5.10 Å². The smallest absolute Gasteiger partial charge is 0.262 e. The molecule has 36 heavy (non-hydrogen) atoms. The summed E-state index contributed by atoms with van der Waals surface area (Å²) in [4.78, 5) is 51.4. The summed E-state index contributed by atoms with van der Waals surface area (Å²) in [6.07, 6.45) is 1.42. The predicted octanol–water partition coefficient (Wildman–Crippen LogP) is 1.29. The van der Waals surface area contributed by atoms with Gasteiger partial charge in [0.25, 0.3) is 11.8 Å². The maximum atomic E-state index is 13.3. The largest absolute Gasteiger partial charge is 0.351 e. The number of hydrogen-bond acceptors (Lipinski definition) is 8. The summed E-state index contributed by atoms with van der Waals surface area (Å²) in [5.74, 6) is -0.959. The fourth-order valence-electron chi connectivity index (χ4n) is 4.51. The van der Waals surface area contributed by atoms with Crippen molar-refractivity contribution >= 4 is 34.7 Å². The first kappa shape index (κ1) is 21.8. The number of halogens is 1. The number of anilines is 1. The zero-order valence-electron chi connectivity index (χ0n) is 18.9. The average molecular weight is 486 g/mol. The topological polar surface area (TPSA) is 117 Å². The van der Waals surface area contributed by atoms with E-state index < -0.39 is 11.8 Å². The maximum Gasteiger partial charge on any atom is 0.262 e. The standard InChI is InChI=1S/C24H19FN8O3/c25-15-5-7-16(8-6-15)33-22-20(28-29-33)21(26-14-27-22)31-11-9-30(10-12-31)19(34)13-32-23(35)17-3-1-2-4-18(17)24(32)36/h1-8,14H,9-13H2. The first-order valence-electron chi connectivity index (χ1n) is 11.3. The van der Waals surface area contributed by atoms with Crippen LogP contribution in [0.3, 0.4) is 0 Å². The number of rotatable bonds is 4. The van der Waals surface area contributed by atoms with Gasteiger partial charge in [-0.05, 0) is 36.4 Å². The monoisotopic (exact) mass is 486 g/mol. The first-order chi connectivity index (χ1) is 17.5. The van der Waals surface area contributed by atoms with Crippen LogP contribution in [-0.4, -0.2) is 85.2 Å². The Labute approximate surface area is 203 Å². The summed E-state index contributed by atoms with van der Waals surface area (Å²) >= 11 is 0. The van der Waals surface area contributed by atoms with Crippen molar-refractivity contribution in [1.82, 2.24) is 34.8 Å². The molecule has 180 valence electrons. The summed E-state index contributed by atoms with van der Waals surface area (Å²) in [6.45, 7) is 1.43. The fraction of sp³-hybridized carbons (Fsp3) is 0.208. The molecule has 0 bridgehead atoms. The number of amides is 3. The van der Waals surface area contributed by atoms with E-state index in [-0.39, 0.29) is 18.3 Å². The Balaban J connectivity index is 1.15. The molecular weight excluding hydrogens is 467 g/mol. The lowest BCUT2D eigenvalue weighted by molar-refractivity contribution is -0.131. The number of benzene rings is 2. The van der Waals surface area contributed by atoms with Gasteiger partial charge in [-0.1, -0.05) is 17.3 Å². The molecule has 0 N–H and O–H groups in total. The quantitative estimate of drug-likeness (QED) is 0.396. The number of fused-ring (bicyclic) bond motifs is 2. The van der Waals surface area contributed by atoms with Crippen molar-refractivity contribution < 1.29 is 18.8 Å². The molecule has 0 radical (unpaired) electrons. The van der Waals surface area contributed by atoms with E-state index in [1.54, 1.807) is 41.3 Å². The van der Waals surface area contributed by atoms with Gasteiger partial charge in [0, 0.05) is 26.2 Å². The number of piperazine rings is 1. The van der Waals surface area contributed by atoms with Crippen molar-refractivity contribution in [3.63, 3.8) is 0 Å². The third kappa shape index (κ3) is 3.54. The van der Waals surface area contributed by atoms with Gasteiger partial charge >= 0.3 is 0 Å². The minimum absolute atomic E-state index is 0.292. The van der Waals surface area contributed by atoms with Crippen LogP contribution in [0.15, 0.2) is 54.9 Å². The highest BCUT2D eigenvalue weighted by molar-refractivity contribution is 6.22. The van der Waals surface area contributed by atoms with Crippen molar-refractivity contribution in [3.8, 4) is 5.69 Å². The zero-order valence-corrected chi connectivity index (χ0v) is 18.9. The molecule has 2 aliphatic rings. The van der Waals surface area contributed by atoms with E-state index in [4.69, 9.17) is 0 Å². The number of aromatic nitrogens is 5. The van der Waals surface area contributed by atoms with Crippen molar-refractivity contribution in [3.05, 3.63) is 71.8 Å². The van der Waals surface area contributed by atoms with Gasteiger partial charge in [0.15, 0.2) is 17.0 Å². The minimum Gasteiger partial charge on any atom is -0.351 e. The Hall–Kier alpha value is -4.74. The van der Waals surface area contributed by atoms with Crippen LogP contribution in [0.1, 0.15) is 20.7 Å². The zero-order chi connectivity index (χ0) is 24.8. The lowest BCUT2D eigenvalue weighted by atomic mass is 10.1. The molecule has 0 atom stereocenters. The van der Waals surface area contributed by atoms with Gasteiger partial charge in [0.05, 0.1) is 16.8 Å². The molecule has 4 heterocycles. The predicted molar refractivity (Wildman–Crippen MR) is 125 cm³/mol. The number of hydrogen-bond donors (Lipinski definition) is 0. The van der Waals surface area contributed by atoms with Gasteiger partial charge in [-0.25, -0.2) is 14.4 Å². The minimum atomic E-state index is -0.449. The Kier molecular flexibility index (Phi) is 5.13. The Morgan fingerprint density at radius 1 is 0.889 bits per heavy atom. The molecule has 4 aromatic rings. The summed E-state index contributed by atoms with van der Waals surface area (Å²) < 4.78 is 14.8. The van der Waals surface area contributed by atoms with E-state index in [0.717, 1.165) is 4.90 Å². The average Bonchev–Trinajstić information content (AvgIpc) is 3.45. The molecule has 1 saturated heterocycles. The number of nitrogens with zero attached hydrogens (tertiary/aromatic N) is 8. The van der Waals surface area contributed by atoms with Gasteiger partial charge < -0.3 is 9.80 Å². The second-order valence-corrected chi connectivity index (χ2v) is 8.46. The molecule has 12 heteroatoms. The summed E-state index contributed by atoms with van der Waals surface area (Å²) in [7, 11) is 0. The van der Waals surface area contributed by atoms with E-state index >= 15 is 0 Å². The van der Waals surface area contributed by atoms with Crippen LogP contribution in [0.5, 0.6) is 0 Å². The van der Waals surface area contributed by atoms with Crippen molar-refractivity contribution in [2.75, 3.05) is 37.6 Å². The van der Waals surface area contributed by atoms with Gasteiger partial charge in [0.1, 0.15) is 18.7 Å². The Morgan fingerprint density at radius 2 is 1.56 bits per heavy atom. The van der Waals surface area contributed by atoms with Gasteiger partial charge in [-0.2, -0.15) is 4.68 Å². The molecule has 1 fully saturated rings. The molecule has 0 spiro atoms. The maximum absolute atomic E-state index is 13.3.